The predicted molar refractivity (Wildman–Crippen MR) is 128 cm³/mol. The Morgan fingerprint density at radius 3 is 1.91 bits per heavy atom. The van der Waals surface area contributed by atoms with Crippen LogP contribution in [0.25, 0.3) is 22.0 Å². The minimum absolute atomic E-state index is 0.0383. The number of phenols is 1. The van der Waals surface area contributed by atoms with Gasteiger partial charge in [-0.15, -0.1) is 0 Å². The molecule has 0 spiro atoms. The zero-order valence-electron chi connectivity index (χ0n) is 18.0. The maximum absolute atomic E-state index is 13.8. The van der Waals surface area contributed by atoms with E-state index in [1.807, 2.05) is 60.7 Å². The second-order valence-electron chi connectivity index (χ2n) is 8.09. The average Bonchev–Trinajstić information content (AvgIpc) is 2.84. The van der Waals surface area contributed by atoms with Crippen LogP contribution in [0.3, 0.4) is 0 Å². The second-order valence-corrected chi connectivity index (χ2v) is 8.09. The van der Waals surface area contributed by atoms with Gasteiger partial charge in [-0.25, -0.2) is 0 Å². The standard InChI is InChI=1S/C29H20F3NO/c30-29(31,32)25-16-8-15-23-27(21-13-7-14-22(34)17-21)24(18-33-28(23)25)26(19-9-3-1-4-10-19)20-11-5-2-6-12-20/h1-18,26,34H. The fourth-order valence-corrected chi connectivity index (χ4v) is 4.51. The summed E-state index contributed by atoms with van der Waals surface area (Å²) in [5.41, 5.74) is 3.08. The number of pyridine rings is 1. The number of para-hydroxylation sites is 1. The van der Waals surface area contributed by atoms with Crippen LogP contribution in [0, 0.1) is 0 Å². The van der Waals surface area contributed by atoms with Crippen molar-refractivity contribution in [3.8, 4) is 16.9 Å². The van der Waals surface area contributed by atoms with Crippen molar-refractivity contribution in [3.05, 3.63) is 132 Å². The van der Waals surface area contributed by atoms with E-state index in [1.54, 1.807) is 36.5 Å². The molecule has 0 aliphatic heterocycles. The summed E-state index contributed by atoms with van der Waals surface area (Å²) in [7, 11) is 0. The number of aromatic nitrogens is 1. The van der Waals surface area contributed by atoms with Crippen molar-refractivity contribution in [2.75, 3.05) is 0 Å². The lowest BCUT2D eigenvalue weighted by Gasteiger charge is -2.24. The molecule has 0 aliphatic carbocycles. The molecule has 34 heavy (non-hydrogen) atoms. The van der Waals surface area contributed by atoms with Gasteiger partial charge in [0, 0.05) is 17.5 Å². The highest BCUT2D eigenvalue weighted by Gasteiger charge is 2.34. The first-order valence-electron chi connectivity index (χ1n) is 10.8. The van der Waals surface area contributed by atoms with Crippen molar-refractivity contribution in [1.82, 2.24) is 4.98 Å². The van der Waals surface area contributed by atoms with E-state index in [1.165, 1.54) is 6.07 Å². The lowest BCUT2D eigenvalue weighted by molar-refractivity contribution is -0.136. The molecule has 1 N–H and O–H groups in total. The molecular formula is C29H20F3NO. The van der Waals surface area contributed by atoms with Crippen LogP contribution < -0.4 is 0 Å². The van der Waals surface area contributed by atoms with E-state index in [4.69, 9.17) is 0 Å². The quantitative estimate of drug-likeness (QED) is 0.300. The Balaban J connectivity index is 1.89. The molecule has 0 radical (unpaired) electrons. The molecule has 0 atom stereocenters. The molecule has 1 heterocycles. The highest BCUT2D eigenvalue weighted by molar-refractivity contribution is 5.98. The Hall–Kier alpha value is -4.12. The van der Waals surface area contributed by atoms with Gasteiger partial charge in [0.15, 0.2) is 0 Å². The molecule has 0 saturated carbocycles. The number of phenolic OH excluding ortho intramolecular Hbond substituents is 1. The van der Waals surface area contributed by atoms with Crippen LogP contribution in [-0.4, -0.2) is 10.1 Å². The Kier molecular flexibility index (Phi) is 5.54. The van der Waals surface area contributed by atoms with Crippen LogP contribution in [0.15, 0.2) is 109 Å². The number of nitrogens with zero attached hydrogens (tertiary/aromatic N) is 1. The normalized spacial score (nSPS) is 11.8. The predicted octanol–water partition coefficient (Wildman–Crippen LogP) is 7.81. The molecule has 2 nitrogen and oxygen atoms in total. The number of hydrogen-bond acceptors (Lipinski definition) is 2. The van der Waals surface area contributed by atoms with Crippen LogP contribution in [0.2, 0.25) is 0 Å². The van der Waals surface area contributed by atoms with Gasteiger partial charge in [0.1, 0.15) is 5.75 Å². The van der Waals surface area contributed by atoms with Gasteiger partial charge in [-0.05, 0) is 46.0 Å². The summed E-state index contributed by atoms with van der Waals surface area (Å²) in [5.74, 6) is -0.234. The van der Waals surface area contributed by atoms with Crippen molar-refractivity contribution >= 4 is 10.9 Å². The van der Waals surface area contributed by atoms with Gasteiger partial charge in [-0.3, -0.25) is 4.98 Å². The summed E-state index contributed by atoms with van der Waals surface area (Å²) in [4.78, 5) is 4.35. The smallest absolute Gasteiger partial charge is 0.418 e. The van der Waals surface area contributed by atoms with Gasteiger partial charge >= 0.3 is 6.18 Å². The van der Waals surface area contributed by atoms with E-state index >= 15 is 0 Å². The minimum atomic E-state index is -4.54. The molecule has 0 unspecified atom stereocenters. The van der Waals surface area contributed by atoms with Gasteiger partial charge in [0.2, 0.25) is 0 Å². The topological polar surface area (TPSA) is 33.1 Å². The fourth-order valence-electron chi connectivity index (χ4n) is 4.51. The number of alkyl halides is 3. The van der Waals surface area contributed by atoms with Crippen molar-refractivity contribution in [1.29, 1.82) is 0 Å². The van der Waals surface area contributed by atoms with Crippen LogP contribution >= 0.6 is 0 Å². The maximum atomic E-state index is 13.8. The summed E-state index contributed by atoms with van der Waals surface area (Å²) >= 11 is 0. The molecule has 1 aromatic heterocycles. The SMILES string of the molecule is Oc1cccc(-c2c(C(c3ccccc3)c3ccccc3)cnc3c(C(F)(F)F)cccc23)c1. The van der Waals surface area contributed by atoms with Gasteiger partial charge in [0.05, 0.1) is 11.1 Å². The van der Waals surface area contributed by atoms with Crippen molar-refractivity contribution < 1.29 is 18.3 Å². The maximum Gasteiger partial charge on any atom is 0.418 e. The highest BCUT2D eigenvalue weighted by Crippen LogP contribution is 2.43. The average molecular weight is 455 g/mol. The number of halogens is 3. The third kappa shape index (κ3) is 4.01. The molecule has 0 amide bonds. The first-order chi connectivity index (χ1) is 16.4. The summed E-state index contributed by atoms with van der Waals surface area (Å²) < 4.78 is 41.5. The molecule has 0 fully saturated rings. The zero-order valence-corrected chi connectivity index (χ0v) is 18.0. The van der Waals surface area contributed by atoms with Crippen LogP contribution in [0.1, 0.15) is 28.2 Å². The number of fused-ring (bicyclic) bond motifs is 1. The lowest BCUT2D eigenvalue weighted by atomic mass is 9.81. The Morgan fingerprint density at radius 2 is 1.32 bits per heavy atom. The van der Waals surface area contributed by atoms with E-state index in [-0.39, 0.29) is 17.2 Å². The third-order valence-corrected chi connectivity index (χ3v) is 5.94. The summed E-state index contributed by atoms with van der Waals surface area (Å²) in [6.45, 7) is 0. The van der Waals surface area contributed by atoms with Crippen LogP contribution in [-0.2, 0) is 6.18 Å². The van der Waals surface area contributed by atoms with E-state index < -0.39 is 11.7 Å². The Labute approximate surface area is 195 Å². The van der Waals surface area contributed by atoms with Crippen molar-refractivity contribution in [2.45, 2.75) is 12.1 Å². The van der Waals surface area contributed by atoms with Gasteiger partial charge < -0.3 is 5.11 Å². The summed E-state index contributed by atoms with van der Waals surface area (Å²) in [5, 5.41) is 10.6. The first kappa shape index (κ1) is 21.7. The van der Waals surface area contributed by atoms with Gasteiger partial charge in [0.25, 0.3) is 0 Å². The molecule has 0 aliphatic rings. The lowest BCUT2D eigenvalue weighted by Crippen LogP contribution is -2.10. The summed E-state index contributed by atoms with van der Waals surface area (Å²) in [6, 6.07) is 30.3. The van der Waals surface area contributed by atoms with Crippen molar-refractivity contribution in [3.63, 3.8) is 0 Å². The Bertz CT molecular complexity index is 1410. The van der Waals surface area contributed by atoms with E-state index in [2.05, 4.69) is 4.98 Å². The molecule has 4 aromatic carbocycles. The van der Waals surface area contributed by atoms with Gasteiger partial charge in [-0.1, -0.05) is 84.9 Å². The number of benzene rings is 4. The van der Waals surface area contributed by atoms with Gasteiger partial charge in [-0.2, -0.15) is 13.2 Å². The zero-order chi connectivity index (χ0) is 23.7. The number of hydrogen-bond donors (Lipinski definition) is 1. The minimum Gasteiger partial charge on any atom is -0.508 e. The molecule has 5 rings (SSSR count). The third-order valence-electron chi connectivity index (χ3n) is 5.94. The monoisotopic (exact) mass is 455 g/mol. The van der Waals surface area contributed by atoms with E-state index in [0.717, 1.165) is 22.8 Å². The largest absolute Gasteiger partial charge is 0.508 e. The highest BCUT2D eigenvalue weighted by atomic mass is 19.4. The van der Waals surface area contributed by atoms with Crippen molar-refractivity contribution in [2.24, 2.45) is 0 Å². The molecule has 5 heteroatoms. The second kappa shape index (κ2) is 8.67. The van der Waals surface area contributed by atoms with E-state index in [0.29, 0.717) is 16.5 Å². The Morgan fingerprint density at radius 1 is 0.706 bits per heavy atom. The fraction of sp³-hybridized carbons (Fsp3) is 0.0690. The van der Waals surface area contributed by atoms with Crippen LogP contribution in [0.4, 0.5) is 13.2 Å². The number of aromatic hydroxyl groups is 1. The molecule has 5 aromatic rings. The molecule has 0 saturated heterocycles. The molecule has 0 bridgehead atoms. The first-order valence-corrected chi connectivity index (χ1v) is 10.8. The summed E-state index contributed by atoms with van der Waals surface area (Å²) in [6.07, 6.45) is -3.00. The molecule has 168 valence electrons. The van der Waals surface area contributed by atoms with E-state index in [9.17, 15) is 18.3 Å². The molecular weight excluding hydrogens is 435 g/mol. The number of rotatable bonds is 4. The van der Waals surface area contributed by atoms with Crippen LogP contribution in [0.5, 0.6) is 5.75 Å².